The Kier molecular flexibility index (Phi) is 8.23. The van der Waals surface area contributed by atoms with E-state index in [9.17, 15) is 9.59 Å². The number of pyridine rings is 1. The second-order valence-electron chi connectivity index (χ2n) is 8.33. The van der Waals surface area contributed by atoms with Gasteiger partial charge in [0.05, 0.1) is 22.8 Å². The van der Waals surface area contributed by atoms with Gasteiger partial charge in [-0.1, -0.05) is 62.4 Å². The van der Waals surface area contributed by atoms with Gasteiger partial charge >= 0.3 is 0 Å². The third kappa shape index (κ3) is 5.20. The number of aromatic nitrogens is 1. The molecule has 2 heterocycles. The van der Waals surface area contributed by atoms with E-state index in [1.807, 2.05) is 96.1 Å². The number of hydrogen-bond acceptors (Lipinski definition) is 5. The first-order chi connectivity index (χ1) is 16.4. The Labute approximate surface area is 201 Å². The average molecular weight is 463 g/mol. The van der Waals surface area contributed by atoms with Crippen molar-refractivity contribution in [2.24, 2.45) is 0 Å². The van der Waals surface area contributed by atoms with E-state index < -0.39 is 0 Å². The van der Waals surface area contributed by atoms with Gasteiger partial charge < -0.3 is 10.1 Å². The van der Waals surface area contributed by atoms with E-state index in [1.165, 1.54) is 0 Å². The highest BCUT2D eigenvalue weighted by Gasteiger charge is 2.37. The van der Waals surface area contributed by atoms with Crippen LogP contribution in [0.25, 0.3) is 10.9 Å². The quantitative estimate of drug-likeness (QED) is 0.561. The van der Waals surface area contributed by atoms with Gasteiger partial charge in [0.1, 0.15) is 6.17 Å². The number of amides is 2. The van der Waals surface area contributed by atoms with Crippen LogP contribution in [0, 0.1) is 6.92 Å². The molecule has 7 nitrogen and oxygen atoms in total. The fraction of sp³-hybridized carbons (Fsp3) is 0.370. The van der Waals surface area contributed by atoms with Crippen LogP contribution in [0.1, 0.15) is 62.4 Å². The molecule has 7 heteroatoms. The van der Waals surface area contributed by atoms with Crippen molar-refractivity contribution >= 4 is 22.7 Å². The Morgan fingerprint density at radius 1 is 1.12 bits per heavy atom. The lowest BCUT2D eigenvalue weighted by molar-refractivity contribution is -0.132. The van der Waals surface area contributed by atoms with Crippen molar-refractivity contribution in [3.05, 3.63) is 71.4 Å². The molecule has 1 aliphatic rings. The molecule has 0 radical (unpaired) electrons. The normalized spacial score (nSPS) is 17.5. The molecule has 0 aliphatic carbocycles. The summed E-state index contributed by atoms with van der Waals surface area (Å²) in [7, 11) is 0. The highest BCUT2D eigenvalue weighted by atomic mass is 16.5. The molecule has 2 aromatic carbocycles. The summed E-state index contributed by atoms with van der Waals surface area (Å²) in [5, 5.41) is 6.99. The second-order valence-corrected chi connectivity index (χ2v) is 8.33. The molecule has 2 atom stereocenters. The summed E-state index contributed by atoms with van der Waals surface area (Å²) in [4.78, 5) is 32.3. The standard InChI is InChI=1S/C25H28N4O3.C2H6/c1-15(2)26-24(30)21-19-12-8-9-13-20(19)27-16(3)22(21)32-14-29-23(28-17(4)25(29)31)18-10-6-5-7-11-18;1-2/h5-13,15,17,23,28H,14H2,1-4H3,(H,26,30);1-2H3. The molecule has 0 saturated carbocycles. The fourth-order valence-corrected chi connectivity index (χ4v) is 4.01. The van der Waals surface area contributed by atoms with Crippen LogP contribution in [0.2, 0.25) is 0 Å². The number of carbonyl (C=O) groups excluding carboxylic acids is 2. The van der Waals surface area contributed by atoms with Crippen LogP contribution < -0.4 is 15.4 Å². The van der Waals surface area contributed by atoms with Gasteiger partial charge in [0.15, 0.2) is 12.5 Å². The molecule has 2 N–H and O–H groups in total. The third-order valence-corrected chi connectivity index (χ3v) is 5.50. The molecule has 3 aromatic rings. The number of hydrogen-bond donors (Lipinski definition) is 2. The van der Waals surface area contributed by atoms with Gasteiger partial charge in [-0.3, -0.25) is 19.8 Å². The molecule has 2 unspecified atom stereocenters. The summed E-state index contributed by atoms with van der Waals surface area (Å²) in [6.45, 7) is 11.5. The summed E-state index contributed by atoms with van der Waals surface area (Å²) in [5.74, 6) is 0.106. The predicted octanol–water partition coefficient (Wildman–Crippen LogP) is 4.56. The minimum absolute atomic E-state index is 0.00144. The molecule has 4 rings (SSSR count). The van der Waals surface area contributed by atoms with Crippen molar-refractivity contribution in [2.75, 3.05) is 6.73 Å². The van der Waals surface area contributed by atoms with Gasteiger partial charge in [-0.25, -0.2) is 4.98 Å². The third-order valence-electron chi connectivity index (χ3n) is 5.50. The maximum Gasteiger partial charge on any atom is 0.256 e. The first-order valence-electron chi connectivity index (χ1n) is 11.8. The maximum atomic E-state index is 13.1. The molecule has 1 aromatic heterocycles. The second kappa shape index (κ2) is 11.1. The molecule has 34 heavy (non-hydrogen) atoms. The van der Waals surface area contributed by atoms with Crippen molar-refractivity contribution < 1.29 is 14.3 Å². The van der Waals surface area contributed by atoms with E-state index in [0.717, 1.165) is 11.1 Å². The van der Waals surface area contributed by atoms with E-state index in [0.29, 0.717) is 22.4 Å². The van der Waals surface area contributed by atoms with E-state index in [4.69, 9.17) is 4.74 Å². The topological polar surface area (TPSA) is 83.6 Å². The largest absolute Gasteiger partial charge is 0.470 e. The Morgan fingerprint density at radius 3 is 2.44 bits per heavy atom. The number of carbonyl (C=O) groups is 2. The first-order valence-corrected chi connectivity index (χ1v) is 11.8. The fourth-order valence-electron chi connectivity index (χ4n) is 4.01. The molecule has 0 bridgehead atoms. The van der Waals surface area contributed by atoms with Crippen LogP contribution in [0.15, 0.2) is 54.6 Å². The zero-order valence-electron chi connectivity index (χ0n) is 20.8. The zero-order valence-corrected chi connectivity index (χ0v) is 20.8. The Balaban J connectivity index is 0.00000158. The predicted molar refractivity (Wildman–Crippen MR) is 135 cm³/mol. The maximum absolute atomic E-state index is 13.1. The van der Waals surface area contributed by atoms with Crippen molar-refractivity contribution in [2.45, 2.75) is 59.8 Å². The lowest BCUT2D eigenvalue weighted by Crippen LogP contribution is -2.35. The van der Waals surface area contributed by atoms with Crippen molar-refractivity contribution in [3.63, 3.8) is 0 Å². The minimum atomic E-state index is -0.330. The first kappa shape index (κ1) is 25.2. The zero-order chi connectivity index (χ0) is 24.8. The number of rotatable bonds is 6. The van der Waals surface area contributed by atoms with Crippen molar-refractivity contribution in [1.29, 1.82) is 0 Å². The SMILES string of the molecule is CC.Cc1nc2ccccc2c(C(=O)NC(C)C)c1OCN1C(=O)C(C)NC1c1ccccc1. The number of ether oxygens (including phenoxy) is 1. The average Bonchev–Trinajstić information content (AvgIpc) is 3.12. The number of nitrogens with zero attached hydrogens (tertiary/aromatic N) is 2. The summed E-state index contributed by atoms with van der Waals surface area (Å²) >= 11 is 0. The molecule has 0 spiro atoms. The van der Waals surface area contributed by atoms with Gasteiger partial charge in [0.25, 0.3) is 5.91 Å². The van der Waals surface area contributed by atoms with E-state index in [2.05, 4.69) is 15.6 Å². The lowest BCUT2D eigenvalue weighted by Gasteiger charge is -2.26. The molecule has 1 fully saturated rings. The number of nitrogens with one attached hydrogen (secondary N) is 2. The summed E-state index contributed by atoms with van der Waals surface area (Å²) in [6.07, 6.45) is -0.305. The number of para-hydroxylation sites is 1. The summed E-state index contributed by atoms with van der Waals surface area (Å²) in [5.41, 5.74) is 2.73. The Bertz CT molecular complexity index is 1150. The summed E-state index contributed by atoms with van der Waals surface area (Å²) in [6, 6.07) is 16.9. The molecular weight excluding hydrogens is 428 g/mol. The van der Waals surface area contributed by atoms with E-state index >= 15 is 0 Å². The van der Waals surface area contributed by atoms with Gasteiger partial charge in [-0.2, -0.15) is 0 Å². The van der Waals surface area contributed by atoms with Crippen LogP contribution in [0.3, 0.4) is 0 Å². The van der Waals surface area contributed by atoms with E-state index in [-0.39, 0.29) is 36.8 Å². The van der Waals surface area contributed by atoms with E-state index in [1.54, 1.807) is 4.90 Å². The van der Waals surface area contributed by atoms with Crippen LogP contribution in [0.5, 0.6) is 5.75 Å². The van der Waals surface area contributed by atoms with Crippen LogP contribution in [-0.2, 0) is 4.79 Å². The smallest absolute Gasteiger partial charge is 0.256 e. The van der Waals surface area contributed by atoms with Crippen molar-refractivity contribution in [1.82, 2.24) is 20.5 Å². The summed E-state index contributed by atoms with van der Waals surface area (Å²) < 4.78 is 6.17. The molecular formula is C27H34N4O3. The highest BCUT2D eigenvalue weighted by Crippen LogP contribution is 2.31. The molecule has 1 aliphatic heterocycles. The monoisotopic (exact) mass is 462 g/mol. The molecule has 2 amide bonds. The van der Waals surface area contributed by atoms with Gasteiger partial charge in [0.2, 0.25) is 5.91 Å². The lowest BCUT2D eigenvalue weighted by atomic mass is 10.1. The van der Waals surface area contributed by atoms with Crippen LogP contribution >= 0.6 is 0 Å². The van der Waals surface area contributed by atoms with Gasteiger partial charge in [-0.05, 0) is 39.3 Å². The van der Waals surface area contributed by atoms with Gasteiger partial charge in [0, 0.05) is 11.4 Å². The Morgan fingerprint density at radius 2 is 1.76 bits per heavy atom. The number of benzene rings is 2. The van der Waals surface area contributed by atoms with Gasteiger partial charge in [-0.15, -0.1) is 0 Å². The molecule has 180 valence electrons. The Hall–Kier alpha value is -3.45. The number of fused-ring (bicyclic) bond motifs is 1. The van der Waals surface area contributed by atoms with Crippen LogP contribution in [0.4, 0.5) is 0 Å². The minimum Gasteiger partial charge on any atom is -0.470 e. The number of aryl methyl sites for hydroxylation is 1. The van der Waals surface area contributed by atoms with Crippen LogP contribution in [-0.4, -0.2) is 40.5 Å². The van der Waals surface area contributed by atoms with Crippen molar-refractivity contribution in [3.8, 4) is 5.75 Å². The highest BCUT2D eigenvalue weighted by molar-refractivity contribution is 6.09. The molecule has 1 saturated heterocycles.